The maximum atomic E-state index is 11.7. The molecule has 0 fully saturated rings. The van der Waals surface area contributed by atoms with E-state index >= 15 is 0 Å². The third-order valence-corrected chi connectivity index (χ3v) is 3.81. The molecule has 2 aromatic heterocycles. The van der Waals surface area contributed by atoms with Crippen LogP contribution in [-0.2, 0) is 11.2 Å². The van der Waals surface area contributed by atoms with Crippen molar-refractivity contribution in [3.63, 3.8) is 0 Å². The summed E-state index contributed by atoms with van der Waals surface area (Å²) >= 11 is 0. The van der Waals surface area contributed by atoms with Crippen molar-refractivity contribution < 1.29 is 4.79 Å². The topological polar surface area (TPSA) is 59.8 Å². The summed E-state index contributed by atoms with van der Waals surface area (Å²) < 4.78 is 1.93. The first-order valence-corrected chi connectivity index (χ1v) is 7.49. The number of terminal acetylenes is 1. The fourth-order valence-electron chi connectivity index (χ4n) is 2.61. The van der Waals surface area contributed by atoms with E-state index in [1.54, 1.807) is 0 Å². The van der Waals surface area contributed by atoms with Gasteiger partial charge in [0, 0.05) is 23.5 Å². The zero-order valence-corrected chi connectivity index (χ0v) is 13.6. The molecule has 1 amide bonds. The van der Waals surface area contributed by atoms with Gasteiger partial charge in [0.15, 0.2) is 5.65 Å². The molecule has 0 radical (unpaired) electrons. The van der Waals surface area contributed by atoms with E-state index in [0.717, 1.165) is 27.9 Å². The minimum atomic E-state index is -0.0327. The summed E-state index contributed by atoms with van der Waals surface area (Å²) in [5, 5.41) is 8.17. The number of fused-ring (bicyclic) bond motifs is 1. The summed E-state index contributed by atoms with van der Waals surface area (Å²) in [5.41, 5.74) is 4.13. The van der Waals surface area contributed by atoms with Crippen LogP contribution in [0, 0.1) is 26.2 Å². The van der Waals surface area contributed by atoms with Gasteiger partial charge < -0.3 is 5.32 Å². The van der Waals surface area contributed by atoms with E-state index in [-0.39, 0.29) is 18.5 Å². The van der Waals surface area contributed by atoms with Crippen LogP contribution in [-0.4, -0.2) is 27.2 Å². The second-order valence-corrected chi connectivity index (χ2v) is 5.70. The van der Waals surface area contributed by atoms with Crippen molar-refractivity contribution in [3.8, 4) is 12.3 Å². The van der Waals surface area contributed by atoms with Gasteiger partial charge in [-0.15, -0.1) is 6.42 Å². The molecular weight excluding hydrogens is 276 g/mol. The Balaban J connectivity index is 2.28. The average molecular weight is 298 g/mol. The van der Waals surface area contributed by atoms with E-state index in [1.807, 2.05) is 17.8 Å². The van der Waals surface area contributed by atoms with Crippen molar-refractivity contribution in [2.45, 2.75) is 46.6 Å². The quantitative estimate of drug-likeness (QED) is 0.862. The first-order valence-electron chi connectivity index (χ1n) is 7.49. The molecule has 0 aliphatic heterocycles. The minimum absolute atomic E-state index is 0.0327. The number of aryl methyl sites for hydroxylation is 2. The van der Waals surface area contributed by atoms with Crippen molar-refractivity contribution in [1.29, 1.82) is 0 Å². The molecule has 0 saturated carbocycles. The molecule has 2 aromatic rings. The van der Waals surface area contributed by atoms with Crippen LogP contribution in [0.4, 0.5) is 0 Å². The minimum Gasteiger partial charge on any atom is -0.345 e. The van der Waals surface area contributed by atoms with Gasteiger partial charge in [0.1, 0.15) is 0 Å². The Bertz CT molecular complexity index is 737. The van der Waals surface area contributed by atoms with E-state index in [1.165, 1.54) is 0 Å². The maximum absolute atomic E-state index is 11.7. The lowest BCUT2D eigenvalue weighted by Crippen LogP contribution is -2.23. The normalized spacial score (nSPS) is 10.9. The first-order chi connectivity index (χ1) is 10.5. The molecule has 22 heavy (non-hydrogen) atoms. The number of carbonyl (C=O) groups is 1. The highest BCUT2D eigenvalue weighted by Crippen LogP contribution is 2.25. The van der Waals surface area contributed by atoms with Crippen molar-refractivity contribution in [3.05, 3.63) is 23.0 Å². The average Bonchev–Trinajstić information content (AvgIpc) is 2.88. The molecule has 0 aliphatic rings. The highest BCUT2D eigenvalue weighted by atomic mass is 16.1. The number of carbonyl (C=O) groups excluding carboxylic acids is 1. The molecule has 0 atom stereocenters. The predicted molar refractivity (Wildman–Crippen MR) is 87.6 cm³/mol. The first kappa shape index (κ1) is 16.0. The Morgan fingerprint density at radius 3 is 2.82 bits per heavy atom. The van der Waals surface area contributed by atoms with Crippen LogP contribution in [0.1, 0.15) is 43.1 Å². The van der Waals surface area contributed by atoms with E-state index in [2.05, 4.69) is 37.1 Å². The van der Waals surface area contributed by atoms with E-state index in [4.69, 9.17) is 11.4 Å². The number of hydrogen-bond acceptors (Lipinski definition) is 3. The van der Waals surface area contributed by atoms with Crippen molar-refractivity contribution in [2.24, 2.45) is 0 Å². The van der Waals surface area contributed by atoms with Crippen molar-refractivity contribution in [1.82, 2.24) is 20.1 Å². The summed E-state index contributed by atoms with van der Waals surface area (Å²) in [6.45, 7) is 8.50. The van der Waals surface area contributed by atoms with Crippen LogP contribution in [0.25, 0.3) is 11.0 Å². The molecule has 2 rings (SSSR count). The Kier molecular flexibility index (Phi) is 4.81. The number of amides is 1. The maximum Gasteiger partial charge on any atom is 0.221 e. The van der Waals surface area contributed by atoms with Crippen LogP contribution < -0.4 is 5.32 Å². The standard InChI is InChI=1S/C17H22N4O/c1-6-9-18-16(22)8-7-14-12(4)15-10-19-21(11(2)3)17(15)20-13(14)5/h1,10-11H,7-9H2,2-5H3,(H,18,22). The predicted octanol–water partition coefficient (Wildman–Crippen LogP) is 2.31. The van der Waals surface area contributed by atoms with Gasteiger partial charge in [-0.2, -0.15) is 5.10 Å². The molecule has 0 unspecified atom stereocenters. The number of nitrogens with one attached hydrogen (secondary N) is 1. The van der Waals surface area contributed by atoms with Crippen LogP contribution in [0.5, 0.6) is 0 Å². The largest absolute Gasteiger partial charge is 0.345 e. The third-order valence-electron chi connectivity index (χ3n) is 3.81. The smallest absolute Gasteiger partial charge is 0.221 e. The molecule has 5 heteroatoms. The molecule has 0 saturated heterocycles. The fraction of sp³-hybridized carbons (Fsp3) is 0.471. The Hall–Kier alpha value is -2.35. The Labute approximate surface area is 131 Å². The van der Waals surface area contributed by atoms with Gasteiger partial charge in [0.05, 0.1) is 12.7 Å². The Morgan fingerprint density at radius 1 is 1.45 bits per heavy atom. The second kappa shape index (κ2) is 6.61. The summed E-state index contributed by atoms with van der Waals surface area (Å²) in [7, 11) is 0. The van der Waals surface area contributed by atoms with Crippen LogP contribution in [0.3, 0.4) is 0 Å². The molecular formula is C17H22N4O. The molecule has 116 valence electrons. The molecule has 0 aromatic carbocycles. The molecule has 2 heterocycles. The SMILES string of the molecule is C#CCNC(=O)CCc1c(C)nc2c(cnn2C(C)C)c1C. The van der Waals surface area contributed by atoms with Gasteiger partial charge in [-0.25, -0.2) is 9.67 Å². The fourth-order valence-corrected chi connectivity index (χ4v) is 2.61. The summed E-state index contributed by atoms with van der Waals surface area (Å²) in [6, 6.07) is 0.268. The zero-order chi connectivity index (χ0) is 16.3. The molecule has 0 bridgehead atoms. The lowest BCUT2D eigenvalue weighted by atomic mass is 10.0. The highest BCUT2D eigenvalue weighted by Gasteiger charge is 2.15. The number of pyridine rings is 1. The number of aromatic nitrogens is 3. The Morgan fingerprint density at radius 2 is 2.18 bits per heavy atom. The molecule has 0 aliphatic carbocycles. The molecule has 1 N–H and O–H groups in total. The lowest BCUT2D eigenvalue weighted by molar-refractivity contribution is -0.120. The van der Waals surface area contributed by atoms with Crippen LogP contribution in [0.2, 0.25) is 0 Å². The van der Waals surface area contributed by atoms with Crippen LogP contribution >= 0.6 is 0 Å². The summed E-state index contributed by atoms with van der Waals surface area (Å²) in [4.78, 5) is 16.4. The summed E-state index contributed by atoms with van der Waals surface area (Å²) in [5.74, 6) is 2.37. The zero-order valence-electron chi connectivity index (χ0n) is 13.6. The van der Waals surface area contributed by atoms with Crippen LogP contribution in [0.15, 0.2) is 6.20 Å². The second-order valence-electron chi connectivity index (χ2n) is 5.70. The highest BCUT2D eigenvalue weighted by molar-refractivity contribution is 5.81. The van der Waals surface area contributed by atoms with E-state index in [9.17, 15) is 4.79 Å². The number of nitrogens with zero attached hydrogens (tertiary/aromatic N) is 3. The van der Waals surface area contributed by atoms with Crippen molar-refractivity contribution in [2.75, 3.05) is 6.54 Å². The molecule has 0 spiro atoms. The number of rotatable bonds is 5. The van der Waals surface area contributed by atoms with E-state index < -0.39 is 0 Å². The molecule has 5 nitrogen and oxygen atoms in total. The van der Waals surface area contributed by atoms with Gasteiger partial charge in [0.2, 0.25) is 5.91 Å². The summed E-state index contributed by atoms with van der Waals surface area (Å²) in [6.07, 6.45) is 8.07. The van der Waals surface area contributed by atoms with Gasteiger partial charge >= 0.3 is 0 Å². The van der Waals surface area contributed by atoms with E-state index in [0.29, 0.717) is 12.8 Å². The third kappa shape index (κ3) is 3.11. The lowest BCUT2D eigenvalue weighted by Gasteiger charge is -2.12. The van der Waals surface area contributed by atoms with Gasteiger partial charge in [-0.1, -0.05) is 5.92 Å². The van der Waals surface area contributed by atoms with Gasteiger partial charge in [0.25, 0.3) is 0 Å². The van der Waals surface area contributed by atoms with Gasteiger partial charge in [-0.3, -0.25) is 4.79 Å². The van der Waals surface area contributed by atoms with Crippen molar-refractivity contribution >= 4 is 16.9 Å². The number of hydrogen-bond donors (Lipinski definition) is 1. The monoisotopic (exact) mass is 298 g/mol. The van der Waals surface area contributed by atoms with Gasteiger partial charge in [-0.05, 0) is 45.2 Å².